The second-order valence-corrected chi connectivity index (χ2v) is 5.31. The number of nitrogens with one attached hydrogen (secondary N) is 2. The number of esters is 1. The molecule has 0 fully saturated rings. The predicted molar refractivity (Wildman–Crippen MR) is 94.0 cm³/mol. The zero-order valence-electron chi connectivity index (χ0n) is 14.0. The highest BCUT2D eigenvalue weighted by Gasteiger charge is 2.12. The Morgan fingerprint density at radius 1 is 1.08 bits per heavy atom. The van der Waals surface area contributed by atoms with Gasteiger partial charge < -0.3 is 15.4 Å². The number of anilines is 1. The SMILES string of the molecule is CCOC(=O)c1ccccc1NCC(=O)NCCc1ccccc1F. The molecule has 0 aliphatic heterocycles. The molecule has 0 radical (unpaired) electrons. The molecule has 2 aromatic carbocycles. The summed E-state index contributed by atoms with van der Waals surface area (Å²) in [6, 6.07) is 13.3. The van der Waals surface area contributed by atoms with Crippen LogP contribution < -0.4 is 10.6 Å². The molecule has 2 aromatic rings. The summed E-state index contributed by atoms with van der Waals surface area (Å²) in [6.45, 7) is 2.36. The summed E-state index contributed by atoms with van der Waals surface area (Å²) in [4.78, 5) is 23.8. The van der Waals surface area contributed by atoms with Crippen LogP contribution in [-0.2, 0) is 16.0 Å². The number of hydrogen-bond donors (Lipinski definition) is 2. The normalized spacial score (nSPS) is 10.2. The fourth-order valence-electron chi connectivity index (χ4n) is 2.30. The van der Waals surface area contributed by atoms with Crippen LogP contribution in [0.1, 0.15) is 22.8 Å². The number of benzene rings is 2. The van der Waals surface area contributed by atoms with Crippen molar-refractivity contribution in [3.05, 3.63) is 65.5 Å². The summed E-state index contributed by atoms with van der Waals surface area (Å²) in [5, 5.41) is 5.64. The van der Waals surface area contributed by atoms with Gasteiger partial charge in [-0.15, -0.1) is 0 Å². The molecule has 0 spiro atoms. The van der Waals surface area contributed by atoms with E-state index in [1.807, 2.05) is 0 Å². The van der Waals surface area contributed by atoms with Gasteiger partial charge in [0.25, 0.3) is 0 Å². The lowest BCUT2D eigenvalue weighted by molar-refractivity contribution is -0.119. The molecule has 132 valence electrons. The van der Waals surface area contributed by atoms with Crippen molar-refractivity contribution in [2.75, 3.05) is 25.0 Å². The van der Waals surface area contributed by atoms with E-state index in [-0.39, 0.29) is 24.9 Å². The minimum Gasteiger partial charge on any atom is -0.462 e. The van der Waals surface area contributed by atoms with Crippen molar-refractivity contribution in [1.82, 2.24) is 5.32 Å². The third kappa shape index (κ3) is 5.60. The first-order valence-electron chi connectivity index (χ1n) is 8.12. The number of halogens is 1. The van der Waals surface area contributed by atoms with Crippen molar-refractivity contribution in [1.29, 1.82) is 0 Å². The molecule has 0 saturated heterocycles. The number of carbonyl (C=O) groups excluding carboxylic acids is 2. The minimum atomic E-state index is -0.439. The summed E-state index contributed by atoms with van der Waals surface area (Å²) in [7, 11) is 0. The summed E-state index contributed by atoms with van der Waals surface area (Å²) in [6.07, 6.45) is 0.415. The average molecular weight is 344 g/mol. The van der Waals surface area contributed by atoms with E-state index in [0.29, 0.717) is 29.8 Å². The molecule has 2 rings (SSSR count). The van der Waals surface area contributed by atoms with E-state index in [9.17, 15) is 14.0 Å². The largest absolute Gasteiger partial charge is 0.462 e. The van der Waals surface area contributed by atoms with Gasteiger partial charge in [-0.2, -0.15) is 0 Å². The van der Waals surface area contributed by atoms with Crippen molar-refractivity contribution in [3.63, 3.8) is 0 Å². The van der Waals surface area contributed by atoms with Gasteiger partial charge >= 0.3 is 5.97 Å². The van der Waals surface area contributed by atoms with Crippen LogP contribution in [0.25, 0.3) is 0 Å². The smallest absolute Gasteiger partial charge is 0.340 e. The molecule has 0 aliphatic rings. The molecule has 25 heavy (non-hydrogen) atoms. The number of rotatable bonds is 8. The zero-order chi connectivity index (χ0) is 18.1. The highest BCUT2D eigenvalue weighted by Crippen LogP contribution is 2.15. The molecule has 0 aliphatic carbocycles. The van der Waals surface area contributed by atoms with Crippen LogP contribution in [0.4, 0.5) is 10.1 Å². The lowest BCUT2D eigenvalue weighted by atomic mass is 10.1. The van der Waals surface area contributed by atoms with Crippen LogP contribution in [0.5, 0.6) is 0 Å². The van der Waals surface area contributed by atoms with Gasteiger partial charge in [0.1, 0.15) is 5.82 Å². The Balaban J connectivity index is 1.82. The van der Waals surface area contributed by atoms with Gasteiger partial charge in [-0.1, -0.05) is 30.3 Å². The Morgan fingerprint density at radius 3 is 2.56 bits per heavy atom. The number of amides is 1. The van der Waals surface area contributed by atoms with E-state index < -0.39 is 5.97 Å². The van der Waals surface area contributed by atoms with Gasteiger partial charge in [-0.25, -0.2) is 9.18 Å². The predicted octanol–water partition coefficient (Wildman–Crippen LogP) is 2.77. The molecule has 1 amide bonds. The summed E-state index contributed by atoms with van der Waals surface area (Å²) < 4.78 is 18.5. The highest BCUT2D eigenvalue weighted by atomic mass is 19.1. The third-order valence-electron chi connectivity index (χ3n) is 3.54. The molecule has 0 atom stereocenters. The average Bonchev–Trinajstić information content (AvgIpc) is 2.62. The maximum atomic E-state index is 13.5. The molecular weight excluding hydrogens is 323 g/mol. The lowest BCUT2D eigenvalue weighted by Crippen LogP contribution is -2.31. The van der Waals surface area contributed by atoms with E-state index in [1.54, 1.807) is 49.4 Å². The van der Waals surface area contributed by atoms with Crippen molar-refractivity contribution < 1.29 is 18.7 Å². The summed E-state index contributed by atoms with van der Waals surface area (Å²) in [5.74, 6) is -0.959. The quantitative estimate of drug-likeness (QED) is 0.723. The molecule has 2 N–H and O–H groups in total. The van der Waals surface area contributed by atoms with Gasteiger partial charge in [0.15, 0.2) is 0 Å². The Morgan fingerprint density at radius 2 is 1.80 bits per heavy atom. The van der Waals surface area contributed by atoms with Gasteiger partial charge in [-0.05, 0) is 37.1 Å². The Hall–Kier alpha value is -2.89. The second kappa shape index (κ2) is 9.42. The Bertz CT molecular complexity index is 734. The van der Waals surface area contributed by atoms with Crippen molar-refractivity contribution in [3.8, 4) is 0 Å². The van der Waals surface area contributed by atoms with Gasteiger partial charge in [0.05, 0.1) is 18.7 Å². The first kappa shape index (κ1) is 18.4. The second-order valence-electron chi connectivity index (χ2n) is 5.31. The molecule has 5 nitrogen and oxygen atoms in total. The Labute approximate surface area is 146 Å². The monoisotopic (exact) mass is 344 g/mol. The standard InChI is InChI=1S/C19H21FN2O3/c1-2-25-19(24)15-8-4-6-10-17(15)22-13-18(23)21-12-11-14-7-3-5-9-16(14)20/h3-10,22H,2,11-13H2,1H3,(H,21,23). The van der Waals surface area contributed by atoms with E-state index in [1.165, 1.54) is 6.07 Å². The Kier molecular flexibility index (Phi) is 6.95. The first-order valence-corrected chi connectivity index (χ1v) is 8.12. The molecule has 6 heteroatoms. The van der Waals surface area contributed by atoms with Crippen LogP contribution >= 0.6 is 0 Å². The van der Waals surface area contributed by atoms with Gasteiger partial charge in [-0.3, -0.25) is 4.79 Å². The van der Waals surface area contributed by atoms with Gasteiger partial charge in [0.2, 0.25) is 5.91 Å². The van der Waals surface area contributed by atoms with Crippen LogP contribution in [-0.4, -0.2) is 31.6 Å². The highest BCUT2D eigenvalue weighted by molar-refractivity contribution is 5.96. The van der Waals surface area contributed by atoms with E-state index in [2.05, 4.69) is 10.6 Å². The van der Waals surface area contributed by atoms with Crippen LogP contribution in [0.3, 0.4) is 0 Å². The maximum absolute atomic E-state index is 13.5. The van der Waals surface area contributed by atoms with Crippen molar-refractivity contribution in [2.24, 2.45) is 0 Å². The van der Waals surface area contributed by atoms with E-state index >= 15 is 0 Å². The molecule has 0 aromatic heterocycles. The summed E-state index contributed by atoms with van der Waals surface area (Å²) >= 11 is 0. The molecule has 0 bridgehead atoms. The number of para-hydroxylation sites is 1. The number of ether oxygens (including phenoxy) is 1. The van der Waals surface area contributed by atoms with Crippen LogP contribution in [0.2, 0.25) is 0 Å². The maximum Gasteiger partial charge on any atom is 0.340 e. The fourth-order valence-corrected chi connectivity index (χ4v) is 2.30. The lowest BCUT2D eigenvalue weighted by Gasteiger charge is -2.11. The molecule has 0 saturated carbocycles. The molecule has 0 unspecified atom stereocenters. The number of carbonyl (C=O) groups is 2. The van der Waals surface area contributed by atoms with Crippen molar-refractivity contribution in [2.45, 2.75) is 13.3 Å². The summed E-state index contributed by atoms with van der Waals surface area (Å²) in [5.41, 5.74) is 1.47. The zero-order valence-corrected chi connectivity index (χ0v) is 14.0. The van der Waals surface area contributed by atoms with Crippen molar-refractivity contribution >= 4 is 17.6 Å². The molecular formula is C19H21FN2O3. The fraction of sp³-hybridized carbons (Fsp3) is 0.263. The van der Waals surface area contributed by atoms with E-state index in [0.717, 1.165) is 0 Å². The van der Waals surface area contributed by atoms with Gasteiger partial charge in [0, 0.05) is 12.2 Å². The number of hydrogen-bond acceptors (Lipinski definition) is 4. The van der Waals surface area contributed by atoms with Crippen LogP contribution in [0.15, 0.2) is 48.5 Å². The van der Waals surface area contributed by atoms with E-state index in [4.69, 9.17) is 4.74 Å². The minimum absolute atomic E-state index is 0.00763. The molecule has 0 heterocycles. The van der Waals surface area contributed by atoms with Crippen LogP contribution in [0, 0.1) is 5.82 Å². The first-order chi connectivity index (χ1) is 12.1. The topological polar surface area (TPSA) is 67.4 Å². The third-order valence-corrected chi connectivity index (χ3v) is 3.54.